The van der Waals surface area contributed by atoms with E-state index in [0.717, 1.165) is 22.6 Å². The van der Waals surface area contributed by atoms with Crippen molar-refractivity contribution in [2.75, 3.05) is 0 Å². The van der Waals surface area contributed by atoms with Crippen LogP contribution in [0, 0.1) is 6.92 Å². The Labute approximate surface area is 111 Å². The van der Waals surface area contributed by atoms with Crippen molar-refractivity contribution >= 4 is 0 Å². The van der Waals surface area contributed by atoms with Gasteiger partial charge < -0.3 is 10.1 Å². The van der Waals surface area contributed by atoms with Crippen molar-refractivity contribution in [1.82, 2.24) is 9.97 Å². The molecule has 0 spiro atoms. The van der Waals surface area contributed by atoms with Gasteiger partial charge in [0.05, 0.1) is 11.9 Å². The minimum atomic E-state index is 0.266. The molecule has 2 N–H and O–H groups in total. The zero-order valence-electron chi connectivity index (χ0n) is 10.6. The van der Waals surface area contributed by atoms with E-state index in [-0.39, 0.29) is 5.75 Å². The number of aromatic hydroxyl groups is 1. The molecule has 0 aliphatic heterocycles. The first-order chi connectivity index (χ1) is 9.22. The number of rotatable bonds is 2. The number of phenols is 1. The minimum absolute atomic E-state index is 0.266. The molecule has 0 saturated carbocycles. The standard InChI is InChI=1S/C16H14N2O/c1-11-2-4-13(5-3-11)16-17-10-15(18-16)12-6-8-14(19)9-7-12/h2-10,19H,1H3,(H,17,18). The van der Waals surface area contributed by atoms with Gasteiger partial charge in [0.1, 0.15) is 11.6 Å². The Bertz CT molecular complexity index is 622. The SMILES string of the molecule is Cc1ccc(-c2ncc(-c3ccc(O)cc3)[nH]2)cc1. The van der Waals surface area contributed by atoms with Crippen molar-refractivity contribution < 1.29 is 5.11 Å². The molecule has 94 valence electrons. The molecule has 3 rings (SSSR count). The van der Waals surface area contributed by atoms with Crippen molar-refractivity contribution in [3.8, 4) is 28.4 Å². The lowest BCUT2D eigenvalue weighted by atomic mass is 10.1. The van der Waals surface area contributed by atoms with Gasteiger partial charge in [-0.15, -0.1) is 0 Å². The van der Waals surface area contributed by atoms with E-state index in [1.807, 2.05) is 18.3 Å². The zero-order chi connectivity index (χ0) is 13.2. The summed E-state index contributed by atoms with van der Waals surface area (Å²) in [6.45, 7) is 2.06. The van der Waals surface area contributed by atoms with Crippen LogP contribution >= 0.6 is 0 Å². The lowest BCUT2D eigenvalue weighted by Crippen LogP contribution is -1.81. The molecule has 0 aliphatic carbocycles. The fourth-order valence-electron chi connectivity index (χ4n) is 1.97. The molecule has 1 aromatic heterocycles. The van der Waals surface area contributed by atoms with Crippen molar-refractivity contribution in [3.05, 3.63) is 60.3 Å². The van der Waals surface area contributed by atoms with Crippen molar-refractivity contribution in [3.63, 3.8) is 0 Å². The Balaban J connectivity index is 1.95. The molecule has 2 aromatic carbocycles. The summed E-state index contributed by atoms with van der Waals surface area (Å²) in [5.41, 5.74) is 4.24. The van der Waals surface area contributed by atoms with Crippen LogP contribution in [-0.4, -0.2) is 15.1 Å². The highest BCUT2D eigenvalue weighted by atomic mass is 16.3. The maximum Gasteiger partial charge on any atom is 0.137 e. The molecule has 1 heterocycles. The third kappa shape index (κ3) is 2.36. The molecule has 3 aromatic rings. The van der Waals surface area contributed by atoms with Gasteiger partial charge in [-0.05, 0) is 36.8 Å². The van der Waals surface area contributed by atoms with E-state index in [0.29, 0.717) is 0 Å². The Morgan fingerprint density at radius 1 is 0.895 bits per heavy atom. The van der Waals surface area contributed by atoms with E-state index in [1.54, 1.807) is 12.1 Å². The lowest BCUT2D eigenvalue weighted by molar-refractivity contribution is 0.475. The van der Waals surface area contributed by atoms with Gasteiger partial charge in [-0.2, -0.15) is 0 Å². The average Bonchev–Trinajstić information content (AvgIpc) is 2.90. The largest absolute Gasteiger partial charge is 0.508 e. The number of nitrogens with one attached hydrogen (secondary N) is 1. The van der Waals surface area contributed by atoms with Gasteiger partial charge in [-0.25, -0.2) is 4.98 Å². The molecule has 0 saturated heterocycles. The minimum Gasteiger partial charge on any atom is -0.508 e. The van der Waals surface area contributed by atoms with Crippen LogP contribution in [0.2, 0.25) is 0 Å². The second-order valence-corrected chi connectivity index (χ2v) is 4.56. The van der Waals surface area contributed by atoms with Crippen LogP contribution in [0.25, 0.3) is 22.6 Å². The Morgan fingerprint density at radius 2 is 1.53 bits per heavy atom. The van der Waals surface area contributed by atoms with Crippen molar-refractivity contribution in [1.29, 1.82) is 0 Å². The number of H-pyrrole nitrogens is 1. The monoisotopic (exact) mass is 250 g/mol. The Morgan fingerprint density at radius 3 is 2.21 bits per heavy atom. The predicted molar refractivity (Wildman–Crippen MR) is 75.9 cm³/mol. The van der Waals surface area contributed by atoms with E-state index in [9.17, 15) is 5.11 Å². The first-order valence-corrected chi connectivity index (χ1v) is 6.14. The van der Waals surface area contributed by atoms with Gasteiger partial charge in [0.25, 0.3) is 0 Å². The van der Waals surface area contributed by atoms with Gasteiger partial charge >= 0.3 is 0 Å². The van der Waals surface area contributed by atoms with Gasteiger partial charge in [0.15, 0.2) is 0 Å². The van der Waals surface area contributed by atoms with E-state index in [2.05, 4.69) is 41.2 Å². The second kappa shape index (κ2) is 4.61. The molecule has 0 aliphatic rings. The van der Waals surface area contributed by atoms with E-state index in [1.165, 1.54) is 5.56 Å². The summed E-state index contributed by atoms with van der Waals surface area (Å²) in [6.07, 6.45) is 1.81. The fraction of sp³-hybridized carbons (Fsp3) is 0.0625. The zero-order valence-corrected chi connectivity index (χ0v) is 10.6. The summed E-state index contributed by atoms with van der Waals surface area (Å²) in [5, 5.41) is 9.29. The number of hydrogen-bond donors (Lipinski definition) is 2. The van der Waals surface area contributed by atoms with Crippen LogP contribution in [0.15, 0.2) is 54.7 Å². The van der Waals surface area contributed by atoms with Crippen LogP contribution in [0.3, 0.4) is 0 Å². The number of aromatic nitrogens is 2. The first kappa shape index (κ1) is 11.5. The summed E-state index contributed by atoms with van der Waals surface area (Å²) >= 11 is 0. The summed E-state index contributed by atoms with van der Waals surface area (Å²) in [4.78, 5) is 7.69. The summed E-state index contributed by atoms with van der Waals surface area (Å²) in [5.74, 6) is 1.12. The number of benzene rings is 2. The normalized spacial score (nSPS) is 10.6. The number of aryl methyl sites for hydroxylation is 1. The smallest absolute Gasteiger partial charge is 0.137 e. The molecule has 0 amide bonds. The van der Waals surface area contributed by atoms with Crippen LogP contribution in [-0.2, 0) is 0 Å². The second-order valence-electron chi connectivity index (χ2n) is 4.56. The molecule has 19 heavy (non-hydrogen) atoms. The summed E-state index contributed by atoms with van der Waals surface area (Å²) in [6, 6.07) is 15.3. The molecule has 0 bridgehead atoms. The molecule has 0 unspecified atom stereocenters. The van der Waals surface area contributed by atoms with Gasteiger partial charge in [0, 0.05) is 5.56 Å². The van der Waals surface area contributed by atoms with E-state index in [4.69, 9.17) is 0 Å². The van der Waals surface area contributed by atoms with Crippen LogP contribution < -0.4 is 0 Å². The highest BCUT2D eigenvalue weighted by molar-refractivity contribution is 5.64. The topological polar surface area (TPSA) is 48.9 Å². The number of aromatic amines is 1. The molecule has 0 atom stereocenters. The van der Waals surface area contributed by atoms with Crippen LogP contribution in [0.5, 0.6) is 5.75 Å². The van der Waals surface area contributed by atoms with E-state index >= 15 is 0 Å². The van der Waals surface area contributed by atoms with Gasteiger partial charge in [0.2, 0.25) is 0 Å². The Hall–Kier alpha value is -2.55. The molecule has 0 fully saturated rings. The molecule has 0 radical (unpaired) electrons. The predicted octanol–water partition coefficient (Wildman–Crippen LogP) is 3.76. The fourth-order valence-corrected chi connectivity index (χ4v) is 1.97. The number of phenolic OH excluding ortho intramolecular Hbond substituents is 1. The van der Waals surface area contributed by atoms with Gasteiger partial charge in [-0.1, -0.05) is 29.8 Å². The highest BCUT2D eigenvalue weighted by Gasteiger charge is 2.05. The summed E-state index contributed by atoms with van der Waals surface area (Å²) in [7, 11) is 0. The number of nitrogens with zero attached hydrogens (tertiary/aromatic N) is 1. The third-order valence-electron chi connectivity index (χ3n) is 3.08. The molecular weight excluding hydrogens is 236 g/mol. The maximum absolute atomic E-state index is 9.29. The lowest BCUT2D eigenvalue weighted by Gasteiger charge is -1.99. The molecule has 3 heteroatoms. The van der Waals surface area contributed by atoms with Crippen LogP contribution in [0.1, 0.15) is 5.56 Å². The maximum atomic E-state index is 9.29. The van der Waals surface area contributed by atoms with Gasteiger partial charge in [-0.3, -0.25) is 0 Å². The Kier molecular flexibility index (Phi) is 2.80. The van der Waals surface area contributed by atoms with Crippen molar-refractivity contribution in [2.45, 2.75) is 6.92 Å². The quantitative estimate of drug-likeness (QED) is 0.727. The molecular formula is C16H14N2O. The van der Waals surface area contributed by atoms with E-state index < -0.39 is 0 Å². The third-order valence-corrected chi connectivity index (χ3v) is 3.08. The number of hydrogen-bond acceptors (Lipinski definition) is 2. The average molecular weight is 250 g/mol. The van der Waals surface area contributed by atoms with Crippen LogP contribution in [0.4, 0.5) is 0 Å². The molecule has 3 nitrogen and oxygen atoms in total. The highest BCUT2D eigenvalue weighted by Crippen LogP contribution is 2.23. The first-order valence-electron chi connectivity index (χ1n) is 6.14. The summed E-state index contributed by atoms with van der Waals surface area (Å²) < 4.78 is 0. The number of imidazole rings is 1. The van der Waals surface area contributed by atoms with Crippen molar-refractivity contribution in [2.24, 2.45) is 0 Å².